The molecule has 1 spiro atoms. The van der Waals surface area contributed by atoms with Crippen molar-refractivity contribution < 1.29 is 9.84 Å². The van der Waals surface area contributed by atoms with Crippen LogP contribution in [0.4, 0.5) is 0 Å². The molecule has 112 valence electrons. The summed E-state index contributed by atoms with van der Waals surface area (Å²) in [4.78, 5) is 2.44. The Labute approximate surface area is 129 Å². The standard InChI is InChI=1S/C18H18N2O2/c1-20-7-6-18-12-4-5-14(21)17(18)22-16-11(9-19)3-2-10(15(16)18)8-13(12)20/h2-5,12-14,17,21H,6-8H2,1H3/t12-,13+,14-,17-,18-/m0/s1. The molecule has 0 amide bonds. The first kappa shape index (κ1) is 12.7. The van der Waals surface area contributed by atoms with Gasteiger partial charge >= 0.3 is 0 Å². The number of aliphatic hydroxyl groups excluding tert-OH is 1. The van der Waals surface area contributed by atoms with Gasteiger partial charge in [0.1, 0.15) is 24.0 Å². The average Bonchev–Trinajstić information content (AvgIpc) is 2.88. The van der Waals surface area contributed by atoms with Crippen molar-refractivity contribution in [3.05, 3.63) is 41.0 Å². The quantitative estimate of drug-likeness (QED) is 0.734. The summed E-state index contributed by atoms with van der Waals surface area (Å²) in [6.07, 6.45) is 5.22. The van der Waals surface area contributed by atoms with E-state index < -0.39 is 6.10 Å². The van der Waals surface area contributed by atoms with Gasteiger partial charge in [-0.05, 0) is 38.1 Å². The topological polar surface area (TPSA) is 56.5 Å². The highest BCUT2D eigenvalue weighted by molar-refractivity contribution is 5.62. The van der Waals surface area contributed by atoms with Gasteiger partial charge < -0.3 is 14.7 Å². The first-order chi connectivity index (χ1) is 10.7. The zero-order valence-electron chi connectivity index (χ0n) is 12.5. The van der Waals surface area contributed by atoms with Gasteiger partial charge in [0.2, 0.25) is 0 Å². The van der Waals surface area contributed by atoms with Crippen LogP contribution < -0.4 is 4.74 Å². The van der Waals surface area contributed by atoms with Gasteiger partial charge in [-0.15, -0.1) is 0 Å². The second-order valence-corrected chi connectivity index (χ2v) is 7.07. The Morgan fingerprint density at radius 1 is 1.41 bits per heavy atom. The summed E-state index contributed by atoms with van der Waals surface area (Å²) < 4.78 is 6.21. The molecule has 0 radical (unpaired) electrons. The van der Waals surface area contributed by atoms with E-state index in [4.69, 9.17) is 4.74 Å². The van der Waals surface area contributed by atoms with Gasteiger partial charge in [-0.2, -0.15) is 5.26 Å². The second-order valence-electron chi connectivity index (χ2n) is 7.07. The Kier molecular flexibility index (Phi) is 2.26. The van der Waals surface area contributed by atoms with Crippen LogP contribution in [-0.2, 0) is 11.8 Å². The lowest BCUT2D eigenvalue weighted by Gasteiger charge is -2.56. The number of likely N-dealkylation sites (tertiary alicyclic amines) is 1. The minimum Gasteiger partial charge on any atom is -0.485 e. The van der Waals surface area contributed by atoms with Gasteiger partial charge in [0.15, 0.2) is 0 Å². The molecule has 2 heterocycles. The number of benzene rings is 1. The first-order valence-electron chi connectivity index (χ1n) is 7.96. The Hall–Kier alpha value is -1.83. The van der Waals surface area contributed by atoms with Gasteiger partial charge in [-0.25, -0.2) is 0 Å². The van der Waals surface area contributed by atoms with Crippen molar-refractivity contribution in [1.82, 2.24) is 4.90 Å². The highest BCUT2D eigenvalue weighted by Crippen LogP contribution is 2.61. The molecule has 1 saturated heterocycles. The fourth-order valence-electron chi connectivity index (χ4n) is 5.34. The van der Waals surface area contributed by atoms with Gasteiger partial charge in [0, 0.05) is 22.9 Å². The zero-order chi connectivity index (χ0) is 15.1. The lowest BCUT2D eigenvalue weighted by Crippen LogP contribution is -2.64. The Bertz CT molecular complexity index is 750. The Balaban J connectivity index is 1.85. The van der Waals surface area contributed by atoms with Crippen LogP contribution in [0.15, 0.2) is 24.3 Å². The normalized spacial score (nSPS) is 40.8. The molecule has 4 heteroatoms. The van der Waals surface area contributed by atoms with Crippen molar-refractivity contribution in [2.75, 3.05) is 13.6 Å². The summed E-state index contributed by atoms with van der Waals surface area (Å²) in [5.74, 6) is 1.10. The maximum atomic E-state index is 10.5. The molecule has 2 aliphatic heterocycles. The van der Waals surface area contributed by atoms with Crippen molar-refractivity contribution in [2.45, 2.75) is 36.5 Å². The molecular weight excluding hydrogens is 276 g/mol. The van der Waals surface area contributed by atoms with E-state index in [2.05, 4.69) is 30.2 Å². The summed E-state index contributed by atoms with van der Waals surface area (Å²) in [5, 5.41) is 19.9. The molecule has 1 aromatic carbocycles. The number of piperidine rings is 1. The van der Waals surface area contributed by atoms with Crippen LogP contribution in [0.1, 0.15) is 23.1 Å². The maximum Gasteiger partial charge on any atom is 0.141 e. The second kappa shape index (κ2) is 3.92. The van der Waals surface area contributed by atoms with Gasteiger partial charge in [0.05, 0.1) is 5.56 Å². The molecule has 4 nitrogen and oxygen atoms in total. The van der Waals surface area contributed by atoms with Crippen molar-refractivity contribution in [1.29, 1.82) is 5.26 Å². The van der Waals surface area contributed by atoms with E-state index in [-0.39, 0.29) is 11.5 Å². The minimum atomic E-state index is -0.592. The SMILES string of the molecule is CN1CC[C@]23c4c5ccc(C#N)c4O[C@H]2[C@@H](O)C=C[C@H]3[C@H]1C5. The summed E-state index contributed by atoms with van der Waals surface area (Å²) >= 11 is 0. The monoisotopic (exact) mass is 294 g/mol. The van der Waals surface area contributed by atoms with Gasteiger partial charge in [-0.1, -0.05) is 18.2 Å². The van der Waals surface area contributed by atoms with Crippen LogP contribution in [0.2, 0.25) is 0 Å². The van der Waals surface area contributed by atoms with Crippen LogP contribution >= 0.6 is 0 Å². The van der Waals surface area contributed by atoms with Gasteiger partial charge in [-0.3, -0.25) is 0 Å². The zero-order valence-corrected chi connectivity index (χ0v) is 12.5. The van der Waals surface area contributed by atoms with E-state index in [9.17, 15) is 10.4 Å². The molecule has 1 N–H and O–H groups in total. The fraction of sp³-hybridized carbons (Fsp3) is 0.500. The Morgan fingerprint density at radius 3 is 3.09 bits per heavy atom. The van der Waals surface area contributed by atoms with E-state index in [1.54, 1.807) is 0 Å². The summed E-state index contributed by atoms with van der Waals surface area (Å²) in [5.41, 5.74) is 2.97. The molecule has 22 heavy (non-hydrogen) atoms. The number of nitriles is 1. The van der Waals surface area contributed by atoms with Crippen molar-refractivity contribution in [3.63, 3.8) is 0 Å². The third-order valence-corrected chi connectivity index (χ3v) is 6.29. The van der Waals surface area contributed by atoms with Crippen LogP contribution in [0.25, 0.3) is 0 Å². The average molecular weight is 294 g/mol. The summed E-state index contributed by atoms with van der Waals surface area (Å²) in [7, 11) is 2.19. The number of rotatable bonds is 0. The number of ether oxygens (including phenoxy) is 1. The number of nitrogens with zero attached hydrogens (tertiary/aromatic N) is 2. The number of hydrogen-bond donors (Lipinski definition) is 1. The molecule has 1 fully saturated rings. The molecule has 2 aliphatic carbocycles. The fourth-order valence-corrected chi connectivity index (χ4v) is 5.34. The van der Waals surface area contributed by atoms with E-state index >= 15 is 0 Å². The molecule has 5 rings (SSSR count). The highest BCUT2D eigenvalue weighted by atomic mass is 16.5. The molecule has 4 aliphatic rings. The lowest BCUT2D eigenvalue weighted by molar-refractivity contribution is -0.0451. The van der Waals surface area contributed by atoms with Crippen LogP contribution in [0.5, 0.6) is 5.75 Å². The molecule has 0 aromatic heterocycles. The lowest BCUT2D eigenvalue weighted by atomic mass is 9.53. The van der Waals surface area contributed by atoms with E-state index in [0.717, 1.165) is 25.1 Å². The largest absolute Gasteiger partial charge is 0.485 e. The Morgan fingerprint density at radius 2 is 2.27 bits per heavy atom. The van der Waals surface area contributed by atoms with Crippen molar-refractivity contribution >= 4 is 0 Å². The van der Waals surface area contributed by atoms with Crippen molar-refractivity contribution in [2.24, 2.45) is 5.92 Å². The first-order valence-corrected chi connectivity index (χ1v) is 7.96. The number of aliphatic hydroxyl groups is 1. The minimum absolute atomic E-state index is 0.152. The molecule has 2 bridgehead atoms. The van der Waals surface area contributed by atoms with Crippen LogP contribution in [0, 0.1) is 17.2 Å². The smallest absolute Gasteiger partial charge is 0.141 e. The van der Waals surface area contributed by atoms with Crippen LogP contribution in [0.3, 0.4) is 0 Å². The number of likely N-dealkylation sites (N-methyl/N-ethyl adjacent to an activating group) is 1. The van der Waals surface area contributed by atoms with Gasteiger partial charge in [0.25, 0.3) is 0 Å². The van der Waals surface area contributed by atoms with E-state index in [0.29, 0.717) is 17.5 Å². The maximum absolute atomic E-state index is 10.5. The number of hydrogen-bond acceptors (Lipinski definition) is 4. The van der Waals surface area contributed by atoms with Crippen molar-refractivity contribution in [3.8, 4) is 11.8 Å². The molecular formula is C18H18N2O2. The summed E-state index contributed by atoms with van der Waals surface area (Å²) in [6, 6.07) is 6.68. The molecule has 5 atom stereocenters. The third kappa shape index (κ3) is 1.22. The van der Waals surface area contributed by atoms with Crippen LogP contribution in [-0.4, -0.2) is 41.8 Å². The molecule has 0 unspecified atom stereocenters. The molecule has 0 saturated carbocycles. The van der Waals surface area contributed by atoms with E-state index in [1.165, 1.54) is 11.1 Å². The highest BCUT2D eigenvalue weighted by Gasteiger charge is 2.64. The summed E-state index contributed by atoms with van der Waals surface area (Å²) in [6.45, 7) is 1.01. The third-order valence-electron chi connectivity index (χ3n) is 6.29. The predicted molar refractivity (Wildman–Crippen MR) is 80.6 cm³/mol. The molecule has 1 aromatic rings. The van der Waals surface area contributed by atoms with E-state index in [1.807, 2.05) is 12.1 Å². The predicted octanol–water partition coefficient (Wildman–Crippen LogP) is 1.36.